The SMILES string of the molecule is CCN(CCCN(C)C)c1ccc(CN)c(F)c1F. The summed E-state index contributed by atoms with van der Waals surface area (Å²) in [5, 5.41) is 0. The van der Waals surface area contributed by atoms with E-state index in [0.717, 1.165) is 13.0 Å². The van der Waals surface area contributed by atoms with Gasteiger partial charge in [-0.15, -0.1) is 0 Å². The number of hydrogen-bond donors (Lipinski definition) is 1. The maximum absolute atomic E-state index is 14.0. The number of hydrogen-bond acceptors (Lipinski definition) is 3. The Kier molecular flexibility index (Phi) is 6.18. The molecular weight excluding hydrogens is 248 g/mol. The van der Waals surface area contributed by atoms with Crippen LogP contribution in [0, 0.1) is 11.6 Å². The highest BCUT2D eigenvalue weighted by atomic mass is 19.2. The Bertz CT molecular complexity index is 408. The molecule has 1 aromatic carbocycles. The summed E-state index contributed by atoms with van der Waals surface area (Å²) in [5.41, 5.74) is 5.90. The molecule has 0 aliphatic rings. The smallest absolute Gasteiger partial charge is 0.182 e. The standard InChI is InChI=1S/C14H23F2N3/c1-4-19(9-5-8-18(2)3)12-7-6-11(10-17)13(15)14(12)16/h6-7H,4-5,8-10,17H2,1-3H3. The van der Waals surface area contributed by atoms with E-state index < -0.39 is 11.6 Å². The Morgan fingerprint density at radius 3 is 2.32 bits per heavy atom. The van der Waals surface area contributed by atoms with Gasteiger partial charge in [-0.05, 0) is 40.1 Å². The van der Waals surface area contributed by atoms with E-state index in [1.54, 1.807) is 12.1 Å². The van der Waals surface area contributed by atoms with Crippen molar-refractivity contribution in [2.24, 2.45) is 5.73 Å². The molecule has 2 N–H and O–H groups in total. The van der Waals surface area contributed by atoms with Crippen LogP contribution in [0.25, 0.3) is 0 Å². The van der Waals surface area contributed by atoms with E-state index in [1.165, 1.54) is 0 Å². The van der Waals surface area contributed by atoms with E-state index in [4.69, 9.17) is 5.73 Å². The highest BCUT2D eigenvalue weighted by molar-refractivity contribution is 5.49. The van der Waals surface area contributed by atoms with Crippen LogP contribution in [0.4, 0.5) is 14.5 Å². The van der Waals surface area contributed by atoms with Gasteiger partial charge in [0.15, 0.2) is 11.6 Å². The quantitative estimate of drug-likeness (QED) is 0.825. The summed E-state index contributed by atoms with van der Waals surface area (Å²) in [6.45, 7) is 4.21. The molecule has 0 saturated heterocycles. The molecule has 0 amide bonds. The summed E-state index contributed by atoms with van der Waals surface area (Å²) in [6.07, 6.45) is 0.903. The summed E-state index contributed by atoms with van der Waals surface area (Å²) in [6, 6.07) is 3.17. The van der Waals surface area contributed by atoms with Crippen molar-refractivity contribution in [3.05, 3.63) is 29.3 Å². The van der Waals surface area contributed by atoms with Crippen molar-refractivity contribution in [2.75, 3.05) is 38.6 Å². The molecule has 0 aliphatic heterocycles. The molecule has 1 rings (SSSR count). The fourth-order valence-corrected chi connectivity index (χ4v) is 2.01. The van der Waals surface area contributed by atoms with E-state index in [2.05, 4.69) is 4.90 Å². The Balaban J connectivity index is 2.84. The summed E-state index contributed by atoms with van der Waals surface area (Å²) in [4.78, 5) is 3.92. The van der Waals surface area contributed by atoms with Crippen LogP contribution in [0.1, 0.15) is 18.9 Å². The van der Waals surface area contributed by atoms with Gasteiger partial charge in [-0.25, -0.2) is 8.78 Å². The first-order valence-electron chi connectivity index (χ1n) is 6.57. The van der Waals surface area contributed by atoms with E-state index in [0.29, 0.717) is 18.8 Å². The second kappa shape index (κ2) is 7.40. The van der Waals surface area contributed by atoms with E-state index in [9.17, 15) is 8.78 Å². The first-order chi connectivity index (χ1) is 9.01. The molecule has 19 heavy (non-hydrogen) atoms. The third-order valence-electron chi connectivity index (χ3n) is 3.12. The van der Waals surface area contributed by atoms with Crippen LogP contribution in [-0.4, -0.2) is 38.6 Å². The van der Waals surface area contributed by atoms with Gasteiger partial charge < -0.3 is 15.5 Å². The molecule has 3 nitrogen and oxygen atoms in total. The van der Waals surface area contributed by atoms with Gasteiger partial charge in [-0.2, -0.15) is 0 Å². The van der Waals surface area contributed by atoms with Crippen molar-refractivity contribution in [3.63, 3.8) is 0 Å². The molecule has 0 spiro atoms. The third kappa shape index (κ3) is 4.14. The number of rotatable bonds is 7. The second-order valence-electron chi connectivity index (χ2n) is 4.81. The molecule has 1 aromatic rings. The molecule has 0 atom stereocenters. The van der Waals surface area contributed by atoms with Crippen molar-refractivity contribution in [1.82, 2.24) is 4.90 Å². The third-order valence-corrected chi connectivity index (χ3v) is 3.12. The minimum atomic E-state index is -0.828. The molecule has 5 heteroatoms. The normalized spacial score (nSPS) is 11.1. The number of nitrogens with zero attached hydrogens (tertiary/aromatic N) is 2. The lowest BCUT2D eigenvalue weighted by Gasteiger charge is -2.25. The van der Waals surface area contributed by atoms with Gasteiger partial charge in [-0.1, -0.05) is 6.07 Å². The Morgan fingerprint density at radius 2 is 1.79 bits per heavy atom. The zero-order valence-electron chi connectivity index (χ0n) is 11.9. The van der Waals surface area contributed by atoms with Crippen LogP contribution in [-0.2, 0) is 6.54 Å². The maximum atomic E-state index is 14.0. The topological polar surface area (TPSA) is 32.5 Å². The van der Waals surface area contributed by atoms with E-state index in [1.807, 2.05) is 25.9 Å². The number of anilines is 1. The van der Waals surface area contributed by atoms with E-state index >= 15 is 0 Å². The average Bonchev–Trinajstić information content (AvgIpc) is 2.38. The van der Waals surface area contributed by atoms with Gasteiger partial charge in [0, 0.05) is 25.2 Å². The zero-order valence-corrected chi connectivity index (χ0v) is 11.9. The second-order valence-corrected chi connectivity index (χ2v) is 4.81. The predicted octanol–water partition coefficient (Wildman–Crippen LogP) is 2.20. The molecular formula is C14H23F2N3. The molecule has 108 valence electrons. The minimum Gasteiger partial charge on any atom is -0.369 e. The van der Waals surface area contributed by atoms with Crippen molar-refractivity contribution < 1.29 is 8.78 Å². The van der Waals surface area contributed by atoms with Crippen LogP contribution < -0.4 is 10.6 Å². The number of nitrogens with two attached hydrogens (primary N) is 1. The molecule has 0 bridgehead atoms. The molecule has 0 aliphatic carbocycles. The first-order valence-corrected chi connectivity index (χ1v) is 6.57. The van der Waals surface area contributed by atoms with Crippen molar-refractivity contribution >= 4 is 5.69 Å². The summed E-state index contributed by atoms with van der Waals surface area (Å²) >= 11 is 0. The largest absolute Gasteiger partial charge is 0.369 e. The van der Waals surface area contributed by atoms with Crippen molar-refractivity contribution in [2.45, 2.75) is 19.9 Å². The lowest BCUT2D eigenvalue weighted by Crippen LogP contribution is -2.28. The fraction of sp³-hybridized carbons (Fsp3) is 0.571. The van der Waals surface area contributed by atoms with Crippen LogP contribution in [0.5, 0.6) is 0 Å². The first kappa shape index (κ1) is 15.9. The van der Waals surface area contributed by atoms with Gasteiger partial charge in [0.2, 0.25) is 0 Å². The maximum Gasteiger partial charge on any atom is 0.182 e. The highest BCUT2D eigenvalue weighted by Gasteiger charge is 2.16. The fourth-order valence-electron chi connectivity index (χ4n) is 2.01. The van der Waals surface area contributed by atoms with Gasteiger partial charge in [-0.3, -0.25) is 0 Å². The Labute approximate surface area is 114 Å². The molecule has 0 heterocycles. The van der Waals surface area contributed by atoms with E-state index in [-0.39, 0.29) is 12.1 Å². The van der Waals surface area contributed by atoms with Gasteiger partial charge in [0.1, 0.15) is 0 Å². The molecule has 0 unspecified atom stereocenters. The summed E-state index contributed by atoms with van der Waals surface area (Å²) < 4.78 is 27.7. The molecule has 0 aromatic heterocycles. The monoisotopic (exact) mass is 271 g/mol. The lowest BCUT2D eigenvalue weighted by atomic mass is 10.1. The molecule has 0 fully saturated rings. The van der Waals surface area contributed by atoms with Gasteiger partial charge in [0.05, 0.1) is 5.69 Å². The molecule has 0 radical (unpaired) electrons. The highest BCUT2D eigenvalue weighted by Crippen LogP contribution is 2.24. The average molecular weight is 271 g/mol. The van der Waals surface area contributed by atoms with Crippen molar-refractivity contribution in [1.29, 1.82) is 0 Å². The van der Waals surface area contributed by atoms with Crippen LogP contribution in [0.3, 0.4) is 0 Å². The Morgan fingerprint density at radius 1 is 1.11 bits per heavy atom. The van der Waals surface area contributed by atoms with Crippen LogP contribution >= 0.6 is 0 Å². The number of halogens is 2. The summed E-state index contributed by atoms with van der Waals surface area (Å²) in [7, 11) is 3.99. The van der Waals surface area contributed by atoms with Crippen molar-refractivity contribution in [3.8, 4) is 0 Å². The zero-order chi connectivity index (χ0) is 14.4. The number of benzene rings is 1. The predicted molar refractivity (Wildman–Crippen MR) is 75.3 cm³/mol. The summed E-state index contributed by atoms with van der Waals surface area (Å²) in [5.74, 6) is -1.62. The molecule has 0 saturated carbocycles. The van der Waals surface area contributed by atoms with Gasteiger partial charge >= 0.3 is 0 Å². The van der Waals surface area contributed by atoms with Crippen LogP contribution in [0.15, 0.2) is 12.1 Å². The van der Waals surface area contributed by atoms with Gasteiger partial charge in [0.25, 0.3) is 0 Å². The minimum absolute atomic E-state index is 0.00971. The lowest BCUT2D eigenvalue weighted by molar-refractivity contribution is 0.400. The van der Waals surface area contributed by atoms with Crippen LogP contribution in [0.2, 0.25) is 0 Å². The Hall–Kier alpha value is -1.20.